The fraction of sp³-hybridized carbons (Fsp3) is 0.222. The number of ether oxygens (including phenoxy) is 1. The monoisotopic (exact) mass is 346 g/mol. The smallest absolute Gasteiger partial charge is 0.244 e. The second-order valence-corrected chi connectivity index (χ2v) is 5.64. The summed E-state index contributed by atoms with van der Waals surface area (Å²) in [7, 11) is 1.52. The molecule has 5 nitrogen and oxygen atoms in total. The van der Waals surface area contributed by atoms with Crippen molar-refractivity contribution in [2.75, 3.05) is 23.9 Å². The molecule has 0 heterocycles. The van der Waals surface area contributed by atoms with Crippen molar-refractivity contribution < 1.29 is 14.3 Å². The number of rotatable bonds is 5. The molecule has 126 valence electrons. The second-order valence-electron chi connectivity index (χ2n) is 5.24. The normalized spacial score (nSPS) is 10.2. The van der Waals surface area contributed by atoms with Gasteiger partial charge < -0.3 is 10.1 Å². The summed E-state index contributed by atoms with van der Waals surface area (Å²) in [5.41, 5.74) is 1.95. The Morgan fingerprint density at radius 1 is 1.17 bits per heavy atom. The molecule has 0 saturated carbocycles. The van der Waals surface area contributed by atoms with Crippen LogP contribution in [-0.2, 0) is 9.59 Å². The first-order valence-corrected chi connectivity index (χ1v) is 7.78. The van der Waals surface area contributed by atoms with Crippen LogP contribution >= 0.6 is 11.6 Å². The van der Waals surface area contributed by atoms with Gasteiger partial charge in [-0.2, -0.15) is 0 Å². The minimum Gasteiger partial charge on any atom is -0.495 e. The molecule has 2 aromatic carbocycles. The van der Waals surface area contributed by atoms with Crippen molar-refractivity contribution in [2.45, 2.75) is 13.8 Å². The molecular formula is C18H19ClN2O3. The summed E-state index contributed by atoms with van der Waals surface area (Å²) in [6, 6.07) is 12.3. The van der Waals surface area contributed by atoms with Crippen LogP contribution in [0.25, 0.3) is 0 Å². The molecule has 0 saturated heterocycles. The zero-order chi connectivity index (χ0) is 17.7. The number of amides is 2. The summed E-state index contributed by atoms with van der Waals surface area (Å²) in [4.78, 5) is 25.7. The average Bonchev–Trinajstić information content (AvgIpc) is 2.56. The molecule has 0 aliphatic heterocycles. The Balaban J connectivity index is 2.20. The quantitative estimate of drug-likeness (QED) is 0.899. The molecule has 1 N–H and O–H groups in total. The molecule has 0 radical (unpaired) electrons. The van der Waals surface area contributed by atoms with Gasteiger partial charge in [0.15, 0.2) is 0 Å². The van der Waals surface area contributed by atoms with E-state index < -0.39 is 0 Å². The van der Waals surface area contributed by atoms with Crippen LogP contribution in [0.3, 0.4) is 0 Å². The van der Waals surface area contributed by atoms with E-state index in [1.807, 2.05) is 6.92 Å². The number of hydrogen-bond acceptors (Lipinski definition) is 3. The molecule has 24 heavy (non-hydrogen) atoms. The van der Waals surface area contributed by atoms with Gasteiger partial charge in [0.2, 0.25) is 11.8 Å². The van der Waals surface area contributed by atoms with E-state index in [1.165, 1.54) is 18.9 Å². The zero-order valence-corrected chi connectivity index (χ0v) is 14.6. The lowest BCUT2D eigenvalue weighted by molar-refractivity contribution is -0.120. The standard InChI is InChI=1S/C18H19ClN2O3/c1-12-14(19)7-6-8-15(12)20-18(23)11-21(13(2)22)16-9-4-5-10-17(16)24-3/h4-10H,11H2,1-3H3,(H,20,23). The third-order valence-corrected chi connectivity index (χ3v) is 4.01. The van der Waals surface area contributed by atoms with Crippen LogP contribution in [0, 0.1) is 6.92 Å². The highest BCUT2D eigenvalue weighted by Crippen LogP contribution is 2.28. The number of methoxy groups -OCH3 is 1. The van der Waals surface area contributed by atoms with Gasteiger partial charge in [-0.15, -0.1) is 0 Å². The highest BCUT2D eigenvalue weighted by atomic mass is 35.5. The lowest BCUT2D eigenvalue weighted by Crippen LogP contribution is -2.37. The highest BCUT2D eigenvalue weighted by molar-refractivity contribution is 6.31. The van der Waals surface area contributed by atoms with Crippen LogP contribution in [0.2, 0.25) is 5.02 Å². The maximum Gasteiger partial charge on any atom is 0.244 e. The Kier molecular flexibility index (Phi) is 5.82. The van der Waals surface area contributed by atoms with Crippen LogP contribution in [0.15, 0.2) is 42.5 Å². The number of nitrogens with zero attached hydrogens (tertiary/aromatic N) is 1. The second kappa shape index (κ2) is 7.84. The summed E-state index contributed by atoms with van der Waals surface area (Å²) in [6.45, 7) is 3.10. The van der Waals surface area contributed by atoms with Gasteiger partial charge in [-0.1, -0.05) is 29.8 Å². The fourth-order valence-electron chi connectivity index (χ4n) is 2.30. The third kappa shape index (κ3) is 4.06. The summed E-state index contributed by atoms with van der Waals surface area (Å²) in [5, 5.41) is 3.36. The van der Waals surface area contributed by atoms with Crippen molar-refractivity contribution in [2.24, 2.45) is 0 Å². The van der Waals surface area contributed by atoms with E-state index in [1.54, 1.807) is 42.5 Å². The first-order valence-electron chi connectivity index (χ1n) is 7.40. The number of hydrogen-bond donors (Lipinski definition) is 1. The average molecular weight is 347 g/mol. The molecule has 0 bridgehead atoms. The molecule has 0 aliphatic rings. The lowest BCUT2D eigenvalue weighted by atomic mass is 10.2. The van der Waals surface area contributed by atoms with Crippen LogP contribution in [0.4, 0.5) is 11.4 Å². The number of benzene rings is 2. The Morgan fingerprint density at radius 2 is 1.88 bits per heavy atom. The molecule has 0 atom stereocenters. The van der Waals surface area contributed by atoms with Gasteiger partial charge in [0.25, 0.3) is 0 Å². The lowest BCUT2D eigenvalue weighted by Gasteiger charge is -2.23. The van der Waals surface area contributed by atoms with Gasteiger partial charge in [-0.3, -0.25) is 14.5 Å². The highest BCUT2D eigenvalue weighted by Gasteiger charge is 2.19. The molecule has 0 aliphatic carbocycles. The Bertz CT molecular complexity index is 762. The Labute approximate surface area is 146 Å². The summed E-state index contributed by atoms with van der Waals surface area (Å²) >= 11 is 6.06. The van der Waals surface area contributed by atoms with Crippen LogP contribution in [-0.4, -0.2) is 25.5 Å². The number of halogens is 1. The summed E-state index contributed by atoms with van der Waals surface area (Å²) in [6.07, 6.45) is 0. The number of nitrogens with one attached hydrogen (secondary N) is 1. The minimum atomic E-state index is -0.318. The van der Waals surface area contributed by atoms with Crippen molar-refractivity contribution in [3.05, 3.63) is 53.1 Å². The molecule has 0 spiro atoms. The van der Waals surface area contributed by atoms with Gasteiger partial charge in [-0.25, -0.2) is 0 Å². The largest absolute Gasteiger partial charge is 0.495 e. The van der Waals surface area contributed by atoms with Crippen molar-refractivity contribution >= 4 is 34.8 Å². The van der Waals surface area contributed by atoms with Crippen molar-refractivity contribution in [3.63, 3.8) is 0 Å². The van der Waals surface area contributed by atoms with Gasteiger partial charge in [0, 0.05) is 17.6 Å². The maximum absolute atomic E-state index is 12.4. The predicted molar refractivity (Wildman–Crippen MR) is 95.8 cm³/mol. The number of para-hydroxylation sites is 2. The summed E-state index contributed by atoms with van der Waals surface area (Å²) in [5.74, 6) is -0.0432. The Morgan fingerprint density at radius 3 is 2.54 bits per heavy atom. The molecule has 2 rings (SSSR count). The molecule has 0 aromatic heterocycles. The van der Waals surface area contributed by atoms with E-state index in [2.05, 4.69) is 5.32 Å². The number of carbonyl (C=O) groups is 2. The maximum atomic E-state index is 12.4. The van der Waals surface area contributed by atoms with Crippen LogP contribution < -0.4 is 15.0 Å². The van der Waals surface area contributed by atoms with E-state index in [-0.39, 0.29) is 18.4 Å². The van der Waals surface area contributed by atoms with E-state index in [0.717, 1.165) is 5.56 Å². The van der Waals surface area contributed by atoms with E-state index in [9.17, 15) is 9.59 Å². The van der Waals surface area contributed by atoms with Crippen LogP contribution in [0.1, 0.15) is 12.5 Å². The van der Waals surface area contributed by atoms with Gasteiger partial charge in [0.05, 0.1) is 12.8 Å². The van der Waals surface area contributed by atoms with E-state index in [4.69, 9.17) is 16.3 Å². The number of carbonyl (C=O) groups excluding carboxylic acids is 2. The molecule has 2 amide bonds. The van der Waals surface area contributed by atoms with Gasteiger partial charge in [0.1, 0.15) is 12.3 Å². The molecule has 0 unspecified atom stereocenters. The SMILES string of the molecule is COc1ccccc1N(CC(=O)Nc1cccc(Cl)c1C)C(C)=O. The predicted octanol–water partition coefficient (Wildman–Crippen LogP) is 3.65. The van der Waals surface area contributed by atoms with E-state index in [0.29, 0.717) is 22.1 Å². The van der Waals surface area contributed by atoms with Gasteiger partial charge in [-0.05, 0) is 36.8 Å². The van der Waals surface area contributed by atoms with E-state index >= 15 is 0 Å². The number of anilines is 2. The van der Waals surface area contributed by atoms with Crippen LogP contribution in [0.5, 0.6) is 5.75 Å². The first kappa shape index (κ1) is 17.8. The van der Waals surface area contributed by atoms with Crippen molar-refractivity contribution in [1.29, 1.82) is 0 Å². The van der Waals surface area contributed by atoms with Crippen molar-refractivity contribution in [1.82, 2.24) is 0 Å². The molecule has 0 fully saturated rings. The fourth-order valence-corrected chi connectivity index (χ4v) is 2.47. The van der Waals surface area contributed by atoms with Gasteiger partial charge >= 0.3 is 0 Å². The topological polar surface area (TPSA) is 58.6 Å². The summed E-state index contributed by atoms with van der Waals surface area (Å²) < 4.78 is 5.27. The Hall–Kier alpha value is -2.53. The van der Waals surface area contributed by atoms with Crippen molar-refractivity contribution in [3.8, 4) is 5.75 Å². The molecule has 2 aromatic rings. The minimum absolute atomic E-state index is 0.123. The molecular weight excluding hydrogens is 328 g/mol. The zero-order valence-electron chi connectivity index (χ0n) is 13.8. The molecule has 6 heteroatoms. The first-order chi connectivity index (χ1) is 11.4. The third-order valence-electron chi connectivity index (χ3n) is 3.60.